The molecule has 0 spiro atoms. The topological polar surface area (TPSA) is 44.4 Å². The first-order valence-corrected chi connectivity index (χ1v) is 11.7. The van der Waals surface area contributed by atoms with Crippen LogP contribution in [0, 0.1) is 0 Å². The highest BCUT2D eigenvalue weighted by molar-refractivity contribution is 7.98. The van der Waals surface area contributed by atoms with Gasteiger partial charge in [-0.3, -0.25) is 4.79 Å². The second kappa shape index (κ2) is 8.81. The van der Waals surface area contributed by atoms with Crippen LogP contribution in [0.2, 0.25) is 0 Å². The van der Waals surface area contributed by atoms with Crippen LogP contribution in [-0.2, 0) is 0 Å². The highest BCUT2D eigenvalue weighted by Crippen LogP contribution is 2.39. The Bertz CT molecular complexity index is 1310. The predicted octanol–water partition coefficient (Wildman–Crippen LogP) is 6.89. The summed E-state index contributed by atoms with van der Waals surface area (Å²) in [5.74, 6) is -0.0987. The van der Waals surface area contributed by atoms with Crippen LogP contribution in [0.15, 0.2) is 102 Å². The Labute approximate surface area is 192 Å². The van der Waals surface area contributed by atoms with Crippen molar-refractivity contribution < 1.29 is 4.79 Å². The molecule has 2 N–H and O–H groups in total. The fourth-order valence-corrected chi connectivity index (χ4v) is 4.60. The maximum absolute atomic E-state index is 12.8. The highest BCUT2D eigenvalue weighted by atomic mass is 32.2. The molecular weight excluding hydrogens is 414 g/mol. The van der Waals surface area contributed by atoms with Crippen molar-refractivity contribution >= 4 is 51.2 Å². The van der Waals surface area contributed by atoms with E-state index in [9.17, 15) is 4.79 Å². The number of hydrogen-bond acceptors (Lipinski definition) is 4. The normalized spacial score (nSPS) is 12.7. The van der Waals surface area contributed by atoms with Gasteiger partial charge in [0.1, 0.15) is 0 Å². The molecule has 1 aliphatic rings. The van der Waals surface area contributed by atoms with Gasteiger partial charge in [0.05, 0.1) is 16.9 Å². The molecule has 0 unspecified atom stereocenters. The van der Waals surface area contributed by atoms with E-state index < -0.39 is 0 Å². The van der Waals surface area contributed by atoms with Gasteiger partial charge in [-0.05, 0) is 60.2 Å². The van der Waals surface area contributed by atoms with Crippen molar-refractivity contribution in [1.82, 2.24) is 0 Å². The Balaban J connectivity index is 1.43. The van der Waals surface area contributed by atoms with Crippen molar-refractivity contribution in [3.05, 3.63) is 103 Å². The Morgan fingerprint density at radius 2 is 1.72 bits per heavy atom. The lowest BCUT2D eigenvalue weighted by Crippen LogP contribution is -2.13. The molecule has 0 aliphatic carbocycles. The maximum Gasteiger partial charge on any atom is 0.256 e. The summed E-state index contributed by atoms with van der Waals surface area (Å²) in [4.78, 5) is 15.9. The summed E-state index contributed by atoms with van der Waals surface area (Å²) in [6.07, 6.45) is 6.19. The molecule has 158 valence electrons. The van der Waals surface area contributed by atoms with Crippen LogP contribution in [0.5, 0.6) is 0 Å². The molecule has 1 amide bonds. The minimum atomic E-state index is -0.0987. The van der Waals surface area contributed by atoms with Crippen molar-refractivity contribution in [1.29, 1.82) is 0 Å². The number of nitrogens with zero attached hydrogens (tertiary/aromatic N) is 1. The molecule has 0 bridgehead atoms. The Hall–Kier alpha value is -3.70. The van der Waals surface area contributed by atoms with E-state index in [0.717, 1.165) is 34.2 Å². The molecule has 0 saturated heterocycles. The summed E-state index contributed by atoms with van der Waals surface area (Å²) in [6.45, 7) is 0.764. The van der Waals surface area contributed by atoms with Gasteiger partial charge in [0.25, 0.3) is 5.91 Å². The molecule has 0 fully saturated rings. The zero-order valence-electron chi connectivity index (χ0n) is 17.7. The molecule has 4 nitrogen and oxygen atoms in total. The molecule has 0 saturated carbocycles. The fraction of sp³-hybridized carbons (Fsp3) is 0.0741. The van der Waals surface area contributed by atoms with Crippen LogP contribution in [0.1, 0.15) is 10.4 Å². The fourth-order valence-electron chi connectivity index (χ4n) is 4.01. The number of fused-ring (bicyclic) bond motifs is 3. The minimum Gasteiger partial charge on any atom is -0.379 e. The van der Waals surface area contributed by atoms with Crippen LogP contribution in [0.4, 0.5) is 22.7 Å². The van der Waals surface area contributed by atoms with E-state index in [2.05, 4.69) is 64.2 Å². The lowest BCUT2D eigenvalue weighted by molar-refractivity contribution is 0.102. The number of amides is 1. The summed E-state index contributed by atoms with van der Waals surface area (Å²) >= 11 is 1.57. The number of hydrogen-bond donors (Lipinski definition) is 2. The lowest BCUT2D eigenvalue weighted by atomic mass is 10.1. The molecule has 1 aliphatic heterocycles. The first kappa shape index (κ1) is 20.2. The number of benzene rings is 4. The summed E-state index contributed by atoms with van der Waals surface area (Å²) in [6, 6.07) is 28.3. The second-order valence-electron chi connectivity index (χ2n) is 7.52. The number of anilines is 4. The van der Waals surface area contributed by atoms with Crippen LogP contribution in [0.3, 0.4) is 0 Å². The third-order valence-electron chi connectivity index (χ3n) is 5.57. The molecule has 5 heteroatoms. The minimum absolute atomic E-state index is 0.0987. The standard InChI is InChI=1S/C27H23N3OS/c1-32-25-10-5-4-9-23(25)27(31)29-20-12-14-21(15-13-20)30-18-6-17-28-26-22-8-3-2-7-19(22)11-16-24(26)30/h2-16,18,28H,17H2,1H3,(H,29,31). The zero-order valence-corrected chi connectivity index (χ0v) is 18.5. The van der Waals surface area contributed by atoms with Gasteiger partial charge < -0.3 is 15.5 Å². The summed E-state index contributed by atoms with van der Waals surface area (Å²) in [5.41, 5.74) is 4.71. The average molecular weight is 438 g/mol. The van der Waals surface area contributed by atoms with Gasteiger partial charge >= 0.3 is 0 Å². The van der Waals surface area contributed by atoms with Crippen molar-refractivity contribution in [2.45, 2.75) is 4.90 Å². The van der Waals surface area contributed by atoms with Crippen molar-refractivity contribution in [3.63, 3.8) is 0 Å². The first-order chi connectivity index (χ1) is 15.7. The van der Waals surface area contributed by atoms with E-state index in [4.69, 9.17) is 0 Å². The lowest BCUT2D eigenvalue weighted by Gasteiger charge is -2.23. The number of rotatable bonds is 4. The van der Waals surface area contributed by atoms with Gasteiger partial charge in [-0.2, -0.15) is 0 Å². The second-order valence-corrected chi connectivity index (χ2v) is 8.37. The molecule has 1 heterocycles. The smallest absolute Gasteiger partial charge is 0.256 e. The van der Waals surface area contributed by atoms with Gasteiger partial charge in [0.2, 0.25) is 0 Å². The van der Waals surface area contributed by atoms with E-state index in [0.29, 0.717) is 5.56 Å². The summed E-state index contributed by atoms with van der Waals surface area (Å²) in [5, 5.41) is 8.98. The molecular formula is C27H23N3OS. The van der Waals surface area contributed by atoms with Crippen molar-refractivity contribution in [2.24, 2.45) is 0 Å². The van der Waals surface area contributed by atoms with E-state index in [1.165, 1.54) is 10.8 Å². The Morgan fingerprint density at radius 3 is 2.56 bits per heavy atom. The summed E-state index contributed by atoms with van der Waals surface area (Å²) in [7, 11) is 0. The molecule has 4 aromatic rings. The van der Waals surface area contributed by atoms with Gasteiger partial charge in [0, 0.05) is 34.4 Å². The predicted molar refractivity (Wildman–Crippen MR) is 136 cm³/mol. The van der Waals surface area contributed by atoms with Crippen molar-refractivity contribution in [2.75, 3.05) is 28.3 Å². The number of carbonyl (C=O) groups is 1. The van der Waals surface area contributed by atoms with Gasteiger partial charge in [0.15, 0.2) is 0 Å². The highest BCUT2D eigenvalue weighted by Gasteiger charge is 2.16. The van der Waals surface area contributed by atoms with Crippen LogP contribution >= 0.6 is 11.8 Å². The van der Waals surface area contributed by atoms with Crippen LogP contribution in [0.25, 0.3) is 10.8 Å². The molecule has 0 aromatic heterocycles. The zero-order chi connectivity index (χ0) is 21.9. The monoisotopic (exact) mass is 437 g/mol. The van der Waals surface area contributed by atoms with E-state index in [1.54, 1.807) is 11.8 Å². The number of carbonyl (C=O) groups excluding carboxylic acids is 1. The third-order valence-corrected chi connectivity index (χ3v) is 6.37. The number of nitrogens with one attached hydrogen (secondary N) is 2. The largest absolute Gasteiger partial charge is 0.379 e. The molecule has 5 rings (SSSR count). The average Bonchev–Trinajstić information content (AvgIpc) is 3.07. The maximum atomic E-state index is 12.8. The van der Waals surface area contributed by atoms with Gasteiger partial charge in [-0.25, -0.2) is 0 Å². The van der Waals surface area contributed by atoms with Gasteiger partial charge in [-0.15, -0.1) is 11.8 Å². The summed E-state index contributed by atoms with van der Waals surface area (Å²) < 4.78 is 0. The van der Waals surface area contributed by atoms with E-state index >= 15 is 0 Å². The molecule has 0 radical (unpaired) electrons. The van der Waals surface area contributed by atoms with E-state index in [1.807, 2.05) is 54.8 Å². The quantitative estimate of drug-likeness (QED) is 0.341. The number of thioether (sulfide) groups is 1. The molecule has 0 atom stereocenters. The Kier molecular flexibility index (Phi) is 5.57. The van der Waals surface area contributed by atoms with Crippen LogP contribution < -0.4 is 15.5 Å². The van der Waals surface area contributed by atoms with E-state index in [-0.39, 0.29) is 5.91 Å². The van der Waals surface area contributed by atoms with Crippen LogP contribution in [-0.4, -0.2) is 18.7 Å². The van der Waals surface area contributed by atoms with Gasteiger partial charge in [-0.1, -0.05) is 42.5 Å². The Morgan fingerprint density at radius 1 is 0.938 bits per heavy atom. The first-order valence-electron chi connectivity index (χ1n) is 10.5. The SMILES string of the molecule is CSc1ccccc1C(=O)Nc1ccc(N2C=CCNc3c2ccc2ccccc32)cc1. The molecule has 4 aromatic carbocycles. The van der Waals surface area contributed by atoms with Crippen molar-refractivity contribution in [3.8, 4) is 0 Å². The molecule has 32 heavy (non-hydrogen) atoms. The third kappa shape index (κ3) is 3.83.